The van der Waals surface area contributed by atoms with Crippen molar-refractivity contribution >= 4 is 11.2 Å². The van der Waals surface area contributed by atoms with E-state index in [9.17, 15) is 9.59 Å². The molecule has 2 heterocycles. The highest BCUT2D eigenvalue weighted by molar-refractivity contribution is 5.71. The zero-order chi connectivity index (χ0) is 20.2. The van der Waals surface area contributed by atoms with E-state index in [1.807, 2.05) is 53.1 Å². The van der Waals surface area contributed by atoms with Crippen LogP contribution >= 0.6 is 0 Å². The second-order valence-electron chi connectivity index (χ2n) is 7.00. The Bertz CT molecular complexity index is 1220. The topological polar surface area (TPSA) is 84.7 Å². The molecule has 148 valence electrons. The van der Waals surface area contributed by atoms with Gasteiger partial charge < -0.3 is 9.88 Å². The zero-order valence-corrected chi connectivity index (χ0v) is 16.3. The largest absolute Gasteiger partial charge is 0.329 e. The summed E-state index contributed by atoms with van der Waals surface area (Å²) < 4.78 is 3.27. The number of aromatic nitrogens is 4. The predicted molar refractivity (Wildman–Crippen MR) is 113 cm³/mol. The predicted octanol–water partition coefficient (Wildman–Crippen LogP) is 1.80. The van der Waals surface area contributed by atoms with Crippen LogP contribution in [0.25, 0.3) is 11.2 Å². The van der Waals surface area contributed by atoms with E-state index in [2.05, 4.69) is 27.4 Å². The Morgan fingerprint density at radius 3 is 2.31 bits per heavy atom. The van der Waals surface area contributed by atoms with Crippen molar-refractivity contribution in [3.05, 3.63) is 98.5 Å². The van der Waals surface area contributed by atoms with Crippen molar-refractivity contribution in [3.8, 4) is 0 Å². The lowest BCUT2D eigenvalue weighted by Gasteiger charge is -2.10. The van der Waals surface area contributed by atoms with Crippen LogP contribution in [-0.2, 0) is 26.6 Å². The Morgan fingerprint density at radius 2 is 1.62 bits per heavy atom. The molecule has 2 N–H and O–H groups in total. The van der Waals surface area contributed by atoms with Crippen LogP contribution in [0.3, 0.4) is 0 Å². The van der Waals surface area contributed by atoms with E-state index < -0.39 is 11.2 Å². The summed E-state index contributed by atoms with van der Waals surface area (Å²) in [5, 5.41) is 3.41. The van der Waals surface area contributed by atoms with E-state index in [0.717, 1.165) is 24.4 Å². The van der Waals surface area contributed by atoms with Gasteiger partial charge in [-0.05, 0) is 24.1 Å². The number of H-pyrrole nitrogens is 1. The maximum absolute atomic E-state index is 12.5. The highest BCUT2D eigenvalue weighted by Crippen LogP contribution is 2.14. The number of hydrogen-bond donors (Lipinski definition) is 2. The molecule has 2 aromatic carbocycles. The zero-order valence-electron chi connectivity index (χ0n) is 16.3. The molecule has 0 aliphatic rings. The Hall–Kier alpha value is -3.45. The van der Waals surface area contributed by atoms with Crippen LogP contribution in [0.1, 0.15) is 17.0 Å². The summed E-state index contributed by atoms with van der Waals surface area (Å²) >= 11 is 0. The standard InChI is InChI=1S/C22H23N5O2/c1-26-20-19(21(28)25-22(26)29)27(15-17-10-6-3-7-11-17)18(24-20)14-23-13-12-16-8-4-2-5-9-16/h2-11,23H,12-15H2,1H3,(H,25,28,29). The average Bonchev–Trinajstić information content (AvgIpc) is 3.10. The van der Waals surface area contributed by atoms with Crippen molar-refractivity contribution in [3.63, 3.8) is 0 Å². The van der Waals surface area contributed by atoms with Gasteiger partial charge in [-0.15, -0.1) is 0 Å². The van der Waals surface area contributed by atoms with E-state index in [1.165, 1.54) is 10.1 Å². The summed E-state index contributed by atoms with van der Waals surface area (Å²) in [5.41, 5.74) is 2.25. The minimum Gasteiger partial charge on any atom is -0.317 e. The Balaban J connectivity index is 1.63. The quantitative estimate of drug-likeness (QED) is 0.472. The molecule has 2 aromatic heterocycles. The van der Waals surface area contributed by atoms with Crippen LogP contribution in [0.2, 0.25) is 0 Å². The van der Waals surface area contributed by atoms with Crippen LogP contribution in [-0.4, -0.2) is 25.6 Å². The highest BCUT2D eigenvalue weighted by atomic mass is 16.2. The lowest BCUT2D eigenvalue weighted by atomic mass is 10.1. The molecule has 4 rings (SSSR count). The van der Waals surface area contributed by atoms with Crippen LogP contribution in [0.4, 0.5) is 0 Å². The third-order valence-corrected chi connectivity index (χ3v) is 4.99. The first kappa shape index (κ1) is 18.9. The number of rotatable bonds is 7. The molecule has 0 atom stereocenters. The van der Waals surface area contributed by atoms with Crippen LogP contribution in [0.15, 0.2) is 70.3 Å². The molecule has 0 spiro atoms. The van der Waals surface area contributed by atoms with Gasteiger partial charge in [-0.3, -0.25) is 14.3 Å². The van der Waals surface area contributed by atoms with Gasteiger partial charge in [-0.1, -0.05) is 60.7 Å². The fraction of sp³-hybridized carbons (Fsp3) is 0.227. The number of nitrogens with one attached hydrogen (secondary N) is 2. The molecule has 0 aliphatic heterocycles. The average molecular weight is 389 g/mol. The summed E-state index contributed by atoms with van der Waals surface area (Å²) in [4.78, 5) is 31.5. The van der Waals surface area contributed by atoms with Crippen molar-refractivity contribution in [2.45, 2.75) is 19.5 Å². The smallest absolute Gasteiger partial charge is 0.317 e. The van der Waals surface area contributed by atoms with Crippen LogP contribution < -0.4 is 16.6 Å². The van der Waals surface area contributed by atoms with E-state index in [0.29, 0.717) is 24.3 Å². The van der Waals surface area contributed by atoms with Gasteiger partial charge in [0.05, 0.1) is 6.54 Å². The van der Waals surface area contributed by atoms with E-state index in [1.54, 1.807) is 7.05 Å². The first-order valence-corrected chi connectivity index (χ1v) is 9.60. The molecule has 0 amide bonds. The lowest BCUT2D eigenvalue weighted by molar-refractivity contribution is 0.627. The molecule has 0 unspecified atom stereocenters. The molecular weight excluding hydrogens is 366 g/mol. The molecular formula is C22H23N5O2. The SMILES string of the molecule is Cn1c(=O)[nH]c(=O)c2c1nc(CNCCc1ccccc1)n2Cc1ccccc1. The summed E-state index contributed by atoms with van der Waals surface area (Å²) in [6, 6.07) is 20.2. The highest BCUT2D eigenvalue weighted by Gasteiger charge is 2.17. The van der Waals surface area contributed by atoms with Gasteiger partial charge in [0.25, 0.3) is 5.56 Å². The van der Waals surface area contributed by atoms with Gasteiger partial charge in [-0.2, -0.15) is 0 Å². The fourth-order valence-corrected chi connectivity index (χ4v) is 3.43. The van der Waals surface area contributed by atoms with E-state index >= 15 is 0 Å². The minimum atomic E-state index is -0.463. The monoisotopic (exact) mass is 389 g/mol. The minimum absolute atomic E-state index is 0.398. The number of aryl methyl sites for hydroxylation is 1. The van der Waals surface area contributed by atoms with E-state index in [4.69, 9.17) is 0 Å². The van der Waals surface area contributed by atoms with Crippen molar-refractivity contribution < 1.29 is 0 Å². The number of hydrogen-bond acceptors (Lipinski definition) is 4. The third-order valence-electron chi connectivity index (χ3n) is 4.99. The van der Waals surface area contributed by atoms with Gasteiger partial charge in [0.15, 0.2) is 11.2 Å². The van der Waals surface area contributed by atoms with Crippen LogP contribution in [0, 0.1) is 0 Å². The normalized spacial score (nSPS) is 11.2. The van der Waals surface area contributed by atoms with E-state index in [-0.39, 0.29) is 0 Å². The first-order valence-electron chi connectivity index (χ1n) is 9.60. The number of fused-ring (bicyclic) bond motifs is 1. The second kappa shape index (κ2) is 8.28. The van der Waals surface area contributed by atoms with Gasteiger partial charge in [0.1, 0.15) is 5.82 Å². The number of nitrogens with zero attached hydrogens (tertiary/aromatic N) is 3. The van der Waals surface area contributed by atoms with Crippen molar-refractivity contribution in [2.24, 2.45) is 7.05 Å². The van der Waals surface area contributed by atoms with Gasteiger partial charge in [0, 0.05) is 13.6 Å². The summed E-state index contributed by atoms with van der Waals surface area (Å²) in [7, 11) is 1.62. The second-order valence-corrected chi connectivity index (χ2v) is 7.00. The first-order chi connectivity index (χ1) is 14.1. The molecule has 7 heteroatoms. The molecule has 0 radical (unpaired) electrons. The van der Waals surface area contributed by atoms with Gasteiger partial charge in [0.2, 0.25) is 0 Å². The molecule has 7 nitrogen and oxygen atoms in total. The Morgan fingerprint density at radius 1 is 0.966 bits per heavy atom. The third kappa shape index (κ3) is 4.05. The molecule has 4 aromatic rings. The molecule has 0 saturated carbocycles. The number of imidazole rings is 1. The summed E-state index contributed by atoms with van der Waals surface area (Å²) in [6.07, 6.45) is 0.902. The van der Waals surface area contributed by atoms with Crippen molar-refractivity contribution in [2.75, 3.05) is 6.54 Å². The van der Waals surface area contributed by atoms with Gasteiger partial charge in [-0.25, -0.2) is 9.78 Å². The van der Waals surface area contributed by atoms with Crippen LogP contribution in [0.5, 0.6) is 0 Å². The molecule has 0 aliphatic carbocycles. The maximum Gasteiger partial charge on any atom is 0.329 e. The lowest BCUT2D eigenvalue weighted by Crippen LogP contribution is -2.29. The molecule has 0 bridgehead atoms. The molecule has 0 saturated heterocycles. The van der Waals surface area contributed by atoms with Gasteiger partial charge >= 0.3 is 5.69 Å². The fourth-order valence-electron chi connectivity index (χ4n) is 3.43. The Labute approximate surface area is 167 Å². The number of aromatic amines is 1. The summed E-state index contributed by atoms with van der Waals surface area (Å²) in [6.45, 7) is 1.80. The summed E-state index contributed by atoms with van der Waals surface area (Å²) in [5.74, 6) is 0.726. The molecule has 0 fully saturated rings. The Kier molecular flexibility index (Phi) is 5.39. The van der Waals surface area contributed by atoms with Crippen molar-refractivity contribution in [1.82, 2.24) is 24.4 Å². The maximum atomic E-state index is 12.5. The molecule has 29 heavy (non-hydrogen) atoms. The van der Waals surface area contributed by atoms with Crippen molar-refractivity contribution in [1.29, 1.82) is 0 Å². The number of benzene rings is 2.